The molecule has 0 saturated carbocycles. The Bertz CT molecular complexity index is 695. The van der Waals surface area contributed by atoms with Crippen molar-refractivity contribution in [3.63, 3.8) is 0 Å². The Labute approximate surface area is 114 Å². The number of hydrogen-bond acceptors (Lipinski definition) is 4. The minimum absolute atomic E-state index is 0.110. The van der Waals surface area contributed by atoms with Crippen molar-refractivity contribution in [3.05, 3.63) is 46.6 Å². The molecule has 1 heterocycles. The molecule has 4 nitrogen and oxygen atoms in total. The zero-order chi connectivity index (χ0) is 14.0. The molecule has 0 amide bonds. The van der Waals surface area contributed by atoms with E-state index in [1.807, 2.05) is 0 Å². The number of benzene rings is 1. The number of thiophene rings is 1. The van der Waals surface area contributed by atoms with E-state index in [-0.39, 0.29) is 16.6 Å². The van der Waals surface area contributed by atoms with Crippen LogP contribution in [0.1, 0.15) is 11.1 Å². The summed E-state index contributed by atoms with van der Waals surface area (Å²) in [6.45, 7) is 1.35. The molecule has 2 N–H and O–H groups in total. The van der Waals surface area contributed by atoms with Gasteiger partial charge in [-0.05, 0) is 47.7 Å². The van der Waals surface area contributed by atoms with Crippen molar-refractivity contribution in [2.24, 2.45) is 0 Å². The van der Waals surface area contributed by atoms with E-state index in [4.69, 9.17) is 5.11 Å². The number of rotatable bonds is 4. The van der Waals surface area contributed by atoms with Crippen LogP contribution in [-0.4, -0.2) is 13.5 Å². The van der Waals surface area contributed by atoms with E-state index in [1.54, 1.807) is 12.3 Å². The monoisotopic (exact) mass is 301 g/mol. The molecule has 0 saturated heterocycles. The number of nitrogens with one attached hydrogen (secondary N) is 1. The van der Waals surface area contributed by atoms with Crippen molar-refractivity contribution in [1.82, 2.24) is 0 Å². The molecule has 2 rings (SSSR count). The summed E-state index contributed by atoms with van der Waals surface area (Å²) in [5, 5.41) is 10.5. The molecule has 2 aromatic rings. The highest BCUT2D eigenvalue weighted by atomic mass is 32.2. The fourth-order valence-corrected chi connectivity index (χ4v) is 3.74. The minimum Gasteiger partial charge on any atom is -0.392 e. The minimum atomic E-state index is -3.70. The number of aliphatic hydroxyl groups is 1. The lowest BCUT2D eigenvalue weighted by Crippen LogP contribution is -2.11. The molecule has 0 bridgehead atoms. The summed E-state index contributed by atoms with van der Waals surface area (Å²) in [7, 11) is -3.70. The van der Waals surface area contributed by atoms with Gasteiger partial charge in [0.15, 0.2) is 0 Å². The van der Waals surface area contributed by atoms with Crippen LogP contribution in [0.5, 0.6) is 0 Å². The fraction of sp³-hybridized carbons (Fsp3) is 0.167. The maximum atomic E-state index is 13.1. The van der Waals surface area contributed by atoms with Gasteiger partial charge in [0.05, 0.1) is 6.61 Å². The van der Waals surface area contributed by atoms with Gasteiger partial charge >= 0.3 is 0 Å². The number of anilines is 1. The van der Waals surface area contributed by atoms with Crippen LogP contribution in [0.25, 0.3) is 0 Å². The van der Waals surface area contributed by atoms with Gasteiger partial charge in [0.25, 0.3) is 10.0 Å². The van der Waals surface area contributed by atoms with Crippen molar-refractivity contribution >= 4 is 27.0 Å². The van der Waals surface area contributed by atoms with E-state index in [2.05, 4.69) is 4.72 Å². The van der Waals surface area contributed by atoms with E-state index >= 15 is 0 Å². The Morgan fingerprint density at radius 1 is 1.37 bits per heavy atom. The van der Waals surface area contributed by atoms with Crippen LogP contribution >= 0.6 is 11.3 Å². The molecule has 19 heavy (non-hydrogen) atoms. The Kier molecular flexibility index (Phi) is 3.88. The topological polar surface area (TPSA) is 66.4 Å². The number of hydrogen-bond donors (Lipinski definition) is 2. The summed E-state index contributed by atoms with van der Waals surface area (Å²) in [6, 6.07) is 5.40. The average Bonchev–Trinajstić information content (AvgIpc) is 2.83. The molecule has 0 fully saturated rings. The third-order valence-corrected chi connectivity index (χ3v) is 5.36. The maximum Gasteiger partial charge on any atom is 0.271 e. The van der Waals surface area contributed by atoms with Gasteiger partial charge in [-0.3, -0.25) is 4.72 Å². The lowest BCUT2D eigenvalue weighted by Gasteiger charge is -2.07. The van der Waals surface area contributed by atoms with Crippen LogP contribution < -0.4 is 4.72 Å². The van der Waals surface area contributed by atoms with Crippen LogP contribution in [0.3, 0.4) is 0 Å². The normalized spacial score (nSPS) is 11.5. The molecule has 7 heteroatoms. The molecule has 0 spiro atoms. The predicted molar refractivity (Wildman–Crippen MR) is 72.2 cm³/mol. The first-order valence-corrected chi connectivity index (χ1v) is 7.76. The van der Waals surface area contributed by atoms with E-state index < -0.39 is 10.0 Å². The predicted octanol–water partition coefficient (Wildman–Crippen LogP) is 2.49. The van der Waals surface area contributed by atoms with Gasteiger partial charge in [0.1, 0.15) is 10.0 Å². The second-order valence-corrected chi connectivity index (χ2v) is 6.82. The number of aryl methyl sites for hydroxylation is 1. The molecule has 0 atom stereocenters. The quantitative estimate of drug-likeness (QED) is 0.912. The van der Waals surface area contributed by atoms with E-state index in [0.717, 1.165) is 11.3 Å². The molecule has 0 aliphatic rings. The van der Waals surface area contributed by atoms with Crippen molar-refractivity contribution in [2.45, 2.75) is 17.7 Å². The summed E-state index contributed by atoms with van der Waals surface area (Å²) in [6.07, 6.45) is 0. The Morgan fingerprint density at radius 3 is 2.68 bits per heavy atom. The third-order valence-electron chi connectivity index (χ3n) is 2.49. The van der Waals surface area contributed by atoms with Crippen molar-refractivity contribution < 1.29 is 17.9 Å². The zero-order valence-electron chi connectivity index (χ0n) is 10.1. The van der Waals surface area contributed by atoms with Crippen LogP contribution in [-0.2, 0) is 16.6 Å². The Balaban J connectivity index is 2.28. The summed E-state index contributed by atoms with van der Waals surface area (Å²) in [5.74, 6) is -0.387. The lowest BCUT2D eigenvalue weighted by atomic mass is 10.2. The third kappa shape index (κ3) is 3.12. The van der Waals surface area contributed by atoms with Crippen molar-refractivity contribution in [3.8, 4) is 0 Å². The number of sulfonamides is 1. The van der Waals surface area contributed by atoms with Crippen LogP contribution in [0, 0.1) is 12.7 Å². The smallest absolute Gasteiger partial charge is 0.271 e. The summed E-state index contributed by atoms with van der Waals surface area (Å²) < 4.78 is 39.7. The molecule has 102 valence electrons. The highest BCUT2D eigenvalue weighted by molar-refractivity contribution is 7.94. The standard InChI is InChI=1S/C12H12FNO3S2/c1-8-4-10(2-3-11(8)13)14-19(16,17)12-5-9(6-15)7-18-12/h2-5,7,14-15H,6H2,1H3. The van der Waals surface area contributed by atoms with Crippen LogP contribution in [0.2, 0.25) is 0 Å². The Morgan fingerprint density at radius 2 is 2.11 bits per heavy atom. The first kappa shape index (κ1) is 14.0. The molecule has 0 unspecified atom stereocenters. The summed E-state index contributed by atoms with van der Waals surface area (Å²) >= 11 is 1.02. The van der Waals surface area contributed by atoms with Gasteiger partial charge in [-0.2, -0.15) is 0 Å². The molecule has 0 radical (unpaired) electrons. The fourth-order valence-electron chi connectivity index (χ4n) is 1.49. The van der Waals surface area contributed by atoms with Gasteiger partial charge in [-0.15, -0.1) is 11.3 Å². The maximum absolute atomic E-state index is 13.1. The lowest BCUT2D eigenvalue weighted by molar-refractivity contribution is 0.282. The van der Waals surface area contributed by atoms with Gasteiger partial charge < -0.3 is 5.11 Å². The average molecular weight is 301 g/mol. The SMILES string of the molecule is Cc1cc(NS(=O)(=O)c2cc(CO)cs2)ccc1F. The van der Waals surface area contributed by atoms with E-state index in [1.165, 1.54) is 24.3 Å². The molecular weight excluding hydrogens is 289 g/mol. The van der Waals surface area contributed by atoms with Crippen molar-refractivity contribution in [1.29, 1.82) is 0 Å². The largest absolute Gasteiger partial charge is 0.392 e. The highest BCUT2D eigenvalue weighted by Crippen LogP contribution is 2.24. The van der Waals surface area contributed by atoms with Crippen molar-refractivity contribution in [2.75, 3.05) is 4.72 Å². The van der Waals surface area contributed by atoms with Crippen LogP contribution in [0.4, 0.5) is 10.1 Å². The van der Waals surface area contributed by atoms with Crippen LogP contribution in [0.15, 0.2) is 33.9 Å². The molecule has 0 aliphatic heterocycles. The van der Waals surface area contributed by atoms with Gasteiger partial charge in [0.2, 0.25) is 0 Å². The van der Waals surface area contributed by atoms with E-state index in [9.17, 15) is 12.8 Å². The van der Waals surface area contributed by atoms with E-state index in [0.29, 0.717) is 16.8 Å². The molecule has 0 aliphatic carbocycles. The Hall–Kier alpha value is -1.44. The first-order valence-electron chi connectivity index (χ1n) is 5.39. The second-order valence-electron chi connectivity index (χ2n) is 4.00. The highest BCUT2D eigenvalue weighted by Gasteiger charge is 2.17. The van der Waals surface area contributed by atoms with Gasteiger partial charge in [0, 0.05) is 5.69 Å². The molecule has 1 aromatic carbocycles. The number of aliphatic hydroxyl groups excluding tert-OH is 1. The molecular formula is C12H12FNO3S2. The summed E-state index contributed by atoms with van der Waals surface area (Å²) in [5.41, 5.74) is 1.21. The number of halogens is 1. The van der Waals surface area contributed by atoms with Gasteiger partial charge in [-0.25, -0.2) is 12.8 Å². The van der Waals surface area contributed by atoms with Gasteiger partial charge in [-0.1, -0.05) is 0 Å². The zero-order valence-corrected chi connectivity index (χ0v) is 11.7. The summed E-state index contributed by atoms with van der Waals surface area (Å²) in [4.78, 5) is 0. The molecule has 1 aromatic heterocycles. The first-order chi connectivity index (χ1) is 8.92. The second kappa shape index (κ2) is 5.28.